The number of ether oxygens (including phenoxy) is 10. The molecule has 13 nitrogen and oxygen atoms in total. The average molecular weight is 1190 g/mol. The minimum Gasteiger partial charge on any atom is -0.393 e. The lowest BCUT2D eigenvalue weighted by molar-refractivity contribution is -0.324. The van der Waals surface area contributed by atoms with Crippen LogP contribution in [0.5, 0.6) is 0 Å². The number of unbranched alkanes of at least 4 members (excludes halogenated alkanes) is 10. The van der Waals surface area contributed by atoms with E-state index in [1.807, 2.05) is 187 Å². The van der Waals surface area contributed by atoms with Gasteiger partial charge in [0.15, 0.2) is 12.6 Å². The van der Waals surface area contributed by atoms with E-state index in [2.05, 4.69) is 6.92 Å². The third-order valence-corrected chi connectivity index (χ3v) is 16.6. The number of hydrogen-bond donors (Lipinski definition) is 1. The lowest BCUT2D eigenvalue weighted by atomic mass is 9.95. The zero-order valence-electron chi connectivity index (χ0n) is 51.8. The van der Waals surface area contributed by atoms with Crippen LogP contribution in [0.4, 0.5) is 0 Å². The maximum Gasteiger partial charge on any atom is 0.222 e. The minimum atomic E-state index is -0.905. The summed E-state index contributed by atoms with van der Waals surface area (Å²) in [6.45, 7) is 3.98. The van der Waals surface area contributed by atoms with E-state index in [1.165, 1.54) is 19.3 Å². The van der Waals surface area contributed by atoms with E-state index < -0.39 is 61.4 Å². The van der Waals surface area contributed by atoms with Crippen LogP contribution in [-0.2, 0) is 91.8 Å². The van der Waals surface area contributed by atoms with E-state index in [0.29, 0.717) is 12.8 Å². The van der Waals surface area contributed by atoms with Gasteiger partial charge in [0.1, 0.15) is 48.8 Å². The van der Waals surface area contributed by atoms with Crippen molar-refractivity contribution in [2.75, 3.05) is 27.3 Å². The summed E-state index contributed by atoms with van der Waals surface area (Å²) in [5, 5.41) is 10.5. The minimum absolute atomic E-state index is 0.0598. The van der Waals surface area contributed by atoms with Gasteiger partial charge in [0.2, 0.25) is 5.91 Å². The van der Waals surface area contributed by atoms with Crippen LogP contribution in [0.1, 0.15) is 137 Å². The summed E-state index contributed by atoms with van der Waals surface area (Å²) in [6.07, 6.45) is 7.08. The average Bonchev–Trinajstić information content (AvgIpc) is 1.30. The number of hydrogen-bond acceptors (Lipinski definition) is 12. The van der Waals surface area contributed by atoms with Crippen molar-refractivity contribution in [1.29, 1.82) is 0 Å². The van der Waals surface area contributed by atoms with Crippen molar-refractivity contribution in [2.45, 2.75) is 210 Å². The summed E-state index contributed by atoms with van der Waals surface area (Å²) in [5.74, 6) is -0.0598. The molecule has 11 atom stereocenters. The first-order valence-corrected chi connectivity index (χ1v) is 32.1. The number of aliphatic hydroxyl groups is 1. The van der Waals surface area contributed by atoms with Crippen LogP contribution < -0.4 is 0 Å². The zero-order chi connectivity index (χ0) is 60.5. The summed E-state index contributed by atoms with van der Waals surface area (Å²) in [5.41, 5.74) is 5.88. The summed E-state index contributed by atoms with van der Waals surface area (Å²) in [4.78, 5) is 17.4. The smallest absolute Gasteiger partial charge is 0.222 e. The van der Waals surface area contributed by atoms with Crippen LogP contribution in [0.15, 0.2) is 182 Å². The van der Waals surface area contributed by atoms with Crippen molar-refractivity contribution in [1.82, 2.24) is 4.90 Å². The van der Waals surface area contributed by atoms with Crippen LogP contribution in [0.25, 0.3) is 0 Å². The van der Waals surface area contributed by atoms with Crippen LogP contribution in [0.3, 0.4) is 0 Å². The van der Waals surface area contributed by atoms with Crippen molar-refractivity contribution >= 4 is 5.91 Å². The molecule has 2 fully saturated rings. The zero-order valence-corrected chi connectivity index (χ0v) is 51.8. The first-order chi connectivity index (χ1) is 42.9. The van der Waals surface area contributed by atoms with Crippen molar-refractivity contribution in [3.63, 3.8) is 0 Å². The van der Waals surface area contributed by atoms with Crippen LogP contribution in [-0.4, -0.2) is 111 Å². The van der Waals surface area contributed by atoms with Gasteiger partial charge in [0.25, 0.3) is 0 Å². The first-order valence-electron chi connectivity index (χ1n) is 32.1. The highest BCUT2D eigenvalue weighted by molar-refractivity contribution is 5.76. The number of nitrogens with zero attached hydrogens (tertiary/aromatic N) is 1. The fraction of sp³-hybridized carbons (Fsp3) is 0.500. The van der Waals surface area contributed by atoms with Gasteiger partial charge in [-0.15, -0.1) is 0 Å². The quantitative estimate of drug-likeness (QED) is 0.0367. The molecule has 0 bridgehead atoms. The maximum absolute atomic E-state index is 15.5. The molecule has 2 aliphatic heterocycles. The molecule has 87 heavy (non-hydrogen) atoms. The van der Waals surface area contributed by atoms with E-state index in [0.717, 1.165) is 97.6 Å². The molecular formula is C74H97NO12. The highest BCUT2D eigenvalue weighted by Crippen LogP contribution is 2.35. The van der Waals surface area contributed by atoms with Crippen molar-refractivity contribution in [3.8, 4) is 0 Å². The Bertz CT molecular complexity index is 2550. The number of rotatable bonds is 40. The standard InChI is InChI=1S/C74H97NO12/c1-4-5-6-31-46-63(76)47-32-11-9-7-8-10-12-33-48-66(77)75(49-64-67(80-51-57-34-19-13-20-35-57)69(82-53-59-38-23-15-24-39-59)71(73(78-2)86-64)84-55-61-42-27-17-28-43-61)50-65-68(81-52-58-36-21-14-22-37-58)70(83-54-60-40-25-16-26-41-60)72(74(79-3)87-65)85-56-62-44-29-18-30-45-62/h13-30,34-45,63-65,67-74,76H,4-12,31-33,46-56H2,1-3H3/t63-,64-,65-,67-,68-,69+,70+,71-,72-,73+,74+/m1/s1. The lowest BCUT2D eigenvalue weighted by Gasteiger charge is -2.48. The second-order valence-electron chi connectivity index (χ2n) is 23.3. The Hall–Kier alpha value is -5.65. The van der Waals surface area contributed by atoms with Gasteiger partial charge in [-0.3, -0.25) is 4.79 Å². The number of methoxy groups -OCH3 is 2. The van der Waals surface area contributed by atoms with Crippen LogP contribution in [0.2, 0.25) is 0 Å². The van der Waals surface area contributed by atoms with Gasteiger partial charge in [0.05, 0.1) is 45.7 Å². The molecule has 6 aromatic carbocycles. The molecule has 470 valence electrons. The van der Waals surface area contributed by atoms with Gasteiger partial charge in [-0.1, -0.05) is 260 Å². The first kappa shape index (κ1) is 67.3. The Kier molecular flexibility index (Phi) is 29.9. The van der Waals surface area contributed by atoms with E-state index in [9.17, 15) is 5.11 Å². The maximum atomic E-state index is 15.5. The van der Waals surface area contributed by atoms with E-state index in [-0.39, 0.29) is 64.7 Å². The van der Waals surface area contributed by atoms with Crippen LogP contribution >= 0.6 is 0 Å². The summed E-state index contributed by atoms with van der Waals surface area (Å²) >= 11 is 0. The predicted octanol–water partition coefficient (Wildman–Crippen LogP) is 14.3. The number of carbonyl (C=O) groups excluding carboxylic acids is 1. The molecule has 6 aromatic rings. The van der Waals surface area contributed by atoms with Crippen molar-refractivity contribution in [3.05, 3.63) is 215 Å². The molecule has 2 aliphatic rings. The molecule has 0 aliphatic carbocycles. The number of carbonyl (C=O) groups is 1. The molecule has 1 amide bonds. The molecular weight excluding hydrogens is 1090 g/mol. The molecule has 0 spiro atoms. The van der Waals surface area contributed by atoms with Crippen LogP contribution in [0, 0.1) is 0 Å². The highest BCUT2D eigenvalue weighted by Gasteiger charge is 2.52. The second-order valence-corrected chi connectivity index (χ2v) is 23.3. The highest BCUT2D eigenvalue weighted by atomic mass is 16.7. The molecule has 2 heterocycles. The molecule has 8 rings (SSSR count). The van der Waals surface area contributed by atoms with Crippen molar-refractivity contribution in [2.24, 2.45) is 0 Å². The lowest BCUT2D eigenvalue weighted by Crippen LogP contribution is -2.65. The Morgan fingerprint density at radius 3 is 0.977 bits per heavy atom. The Balaban J connectivity index is 1.09. The normalized spacial score (nSPS) is 22.4. The van der Waals surface area contributed by atoms with Crippen molar-refractivity contribution < 1.29 is 57.3 Å². The van der Waals surface area contributed by atoms with E-state index in [4.69, 9.17) is 47.4 Å². The third kappa shape index (κ3) is 22.7. The summed E-state index contributed by atoms with van der Waals surface area (Å²) in [6, 6.07) is 60.3. The Labute approximate surface area is 518 Å². The topological polar surface area (TPSA) is 133 Å². The van der Waals surface area contributed by atoms with Gasteiger partial charge in [-0.2, -0.15) is 0 Å². The molecule has 2 saturated heterocycles. The van der Waals surface area contributed by atoms with Gasteiger partial charge >= 0.3 is 0 Å². The number of benzene rings is 6. The Morgan fingerprint density at radius 1 is 0.391 bits per heavy atom. The van der Waals surface area contributed by atoms with E-state index >= 15 is 4.79 Å². The predicted molar refractivity (Wildman–Crippen MR) is 339 cm³/mol. The monoisotopic (exact) mass is 1190 g/mol. The number of amides is 1. The largest absolute Gasteiger partial charge is 0.393 e. The van der Waals surface area contributed by atoms with Gasteiger partial charge in [-0.05, 0) is 52.6 Å². The molecule has 0 unspecified atom stereocenters. The molecule has 1 N–H and O–H groups in total. The van der Waals surface area contributed by atoms with E-state index in [1.54, 1.807) is 14.2 Å². The Morgan fingerprint density at radius 2 is 0.667 bits per heavy atom. The fourth-order valence-electron chi connectivity index (χ4n) is 11.7. The molecule has 0 saturated carbocycles. The molecule has 0 radical (unpaired) electrons. The fourth-order valence-corrected chi connectivity index (χ4v) is 11.7. The number of aliphatic hydroxyl groups excluding tert-OH is 1. The van der Waals surface area contributed by atoms with Gasteiger partial charge < -0.3 is 57.4 Å². The van der Waals surface area contributed by atoms with Gasteiger partial charge in [-0.25, -0.2) is 0 Å². The van der Waals surface area contributed by atoms with Gasteiger partial charge in [0, 0.05) is 33.7 Å². The second kappa shape index (κ2) is 38.7. The molecule has 13 heteroatoms. The summed E-state index contributed by atoms with van der Waals surface area (Å²) in [7, 11) is 3.23. The summed E-state index contributed by atoms with van der Waals surface area (Å²) < 4.78 is 68.6. The molecule has 0 aromatic heterocycles. The SMILES string of the molecule is CCCCCC[C@@H](O)CCCCCCCCCCC(=O)N(C[C@H]1O[C@H](OC)[C@H](OCc2ccccc2)[C@@H](OCc2ccccc2)[C@@H]1OCc1ccccc1)C[C@H]1O[C@H](OC)[C@H](OCc2ccccc2)[C@@H](OCc2ccccc2)[C@@H]1OCc1ccccc1. The third-order valence-electron chi connectivity index (χ3n) is 16.6.